The number of amides is 1. The van der Waals surface area contributed by atoms with Crippen LogP contribution in [0.15, 0.2) is 24.3 Å². The number of nitrogens with two attached hydrogens (primary N) is 1. The summed E-state index contributed by atoms with van der Waals surface area (Å²) < 4.78 is 1.78. The van der Waals surface area contributed by atoms with Crippen LogP contribution in [-0.4, -0.2) is 20.9 Å². The fourth-order valence-electron chi connectivity index (χ4n) is 2.18. The maximum absolute atomic E-state index is 11.5. The molecular weight excluding hydrogens is 252 g/mol. The van der Waals surface area contributed by atoms with Crippen molar-refractivity contribution in [2.24, 2.45) is 5.73 Å². The first kappa shape index (κ1) is 14.2. The zero-order valence-electron chi connectivity index (χ0n) is 12.3. The summed E-state index contributed by atoms with van der Waals surface area (Å²) in [7, 11) is 0. The van der Waals surface area contributed by atoms with Crippen molar-refractivity contribution in [3.05, 3.63) is 46.8 Å². The molecule has 0 atom stereocenters. The van der Waals surface area contributed by atoms with E-state index in [9.17, 15) is 4.79 Å². The summed E-state index contributed by atoms with van der Waals surface area (Å²) in [5.41, 5.74) is 8.49. The van der Waals surface area contributed by atoms with Gasteiger partial charge < -0.3 is 5.73 Å². The molecule has 0 unspecified atom stereocenters. The van der Waals surface area contributed by atoms with Crippen molar-refractivity contribution in [1.29, 1.82) is 0 Å². The number of aromatic nitrogens is 3. The van der Waals surface area contributed by atoms with Gasteiger partial charge in [-0.05, 0) is 38.8 Å². The zero-order valence-corrected chi connectivity index (χ0v) is 12.3. The first-order valence-electron chi connectivity index (χ1n) is 6.60. The predicted octanol–water partition coefficient (Wildman–Crippen LogP) is 2.03. The average molecular weight is 272 g/mol. The molecule has 0 aliphatic heterocycles. The quantitative estimate of drug-likeness (QED) is 0.929. The molecule has 0 spiro atoms. The van der Waals surface area contributed by atoms with E-state index in [0.29, 0.717) is 6.42 Å². The number of rotatable bonds is 3. The lowest BCUT2D eigenvalue weighted by Gasteiger charge is -2.21. The van der Waals surface area contributed by atoms with Crippen LogP contribution in [0, 0.1) is 6.92 Å². The second-order valence-electron chi connectivity index (χ2n) is 5.93. The van der Waals surface area contributed by atoms with E-state index in [0.717, 1.165) is 11.3 Å². The standard InChI is InChI=1S/C15H20N4O/c1-10-7-5-6-8-11(10)9-12-13(14(16)20)17-18-19(12)15(2,3)4/h5-8H,9H2,1-4H3,(H2,16,20). The molecule has 0 saturated heterocycles. The Kier molecular flexibility index (Phi) is 3.61. The maximum Gasteiger partial charge on any atom is 0.271 e. The number of carbonyl (C=O) groups is 1. The van der Waals surface area contributed by atoms with Crippen LogP contribution in [0.2, 0.25) is 0 Å². The molecular formula is C15H20N4O. The molecule has 2 aromatic rings. The molecule has 1 aromatic carbocycles. The second-order valence-corrected chi connectivity index (χ2v) is 5.93. The number of benzene rings is 1. The third-order valence-electron chi connectivity index (χ3n) is 3.25. The number of aryl methyl sites for hydroxylation is 1. The molecule has 20 heavy (non-hydrogen) atoms. The number of hydrogen-bond donors (Lipinski definition) is 1. The predicted molar refractivity (Wildman–Crippen MR) is 77.5 cm³/mol. The molecule has 0 aliphatic rings. The summed E-state index contributed by atoms with van der Waals surface area (Å²) in [5.74, 6) is -0.538. The van der Waals surface area contributed by atoms with Crippen LogP contribution in [0.25, 0.3) is 0 Å². The Hall–Kier alpha value is -2.17. The molecule has 0 fully saturated rings. The van der Waals surface area contributed by atoms with Crippen LogP contribution in [0.1, 0.15) is 48.1 Å². The lowest BCUT2D eigenvalue weighted by atomic mass is 10.0. The van der Waals surface area contributed by atoms with E-state index < -0.39 is 5.91 Å². The van der Waals surface area contributed by atoms with Gasteiger partial charge in [0, 0.05) is 6.42 Å². The molecule has 1 aromatic heterocycles. The lowest BCUT2D eigenvalue weighted by molar-refractivity contribution is 0.0994. The molecule has 0 aliphatic carbocycles. The largest absolute Gasteiger partial charge is 0.364 e. The van der Waals surface area contributed by atoms with Crippen molar-refractivity contribution in [3.63, 3.8) is 0 Å². The normalized spacial score (nSPS) is 11.6. The molecule has 1 amide bonds. The number of hydrogen-bond acceptors (Lipinski definition) is 3. The third-order valence-corrected chi connectivity index (χ3v) is 3.25. The van der Waals surface area contributed by atoms with Crippen LogP contribution in [-0.2, 0) is 12.0 Å². The van der Waals surface area contributed by atoms with Gasteiger partial charge in [0.15, 0.2) is 5.69 Å². The Morgan fingerprint density at radius 3 is 2.50 bits per heavy atom. The Bertz CT molecular complexity index is 638. The fraction of sp³-hybridized carbons (Fsp3) is 0.400. The Morgan fingerprint density at radius 1 is 1.30 bits per heavy atom. The van der Waals surface area contributed by atoms with Crippen LogP contribution in [0.3, 0.4) is 0 Å². The van der Waals surface area contributed by atoms with Gasteiger partial charge in [0.25, 0.3) is 5.91 Å². The summed E-state index contributed by atoms with van der Waals surface area (Å²) >= 11 is 0. The Morgan fingerprint density at radius 2 is 1.95 bits per heavy atom. The van der Waals surface area contributed by atoms with Gasteiger partial charge in [-0.3, -0.25) is 4.79 Å². The fourth-order valence-corrected chi connectivity index (χ4v) is 2.18. The maximum atomic E-state index is 11.5. The molecule has 106 valence electrons. The number of nitrogens with zero attached hydrogens (tertiary/aromatic N) is 3. The van der Waals surface area contributed by atoms with Gasteiger partial charge in [-0.1, -0.05) is 29.5 Å². The second kappa shape index (κ2) is 5.07. The van der Waals surface area contributed by atoms with Crippen molar-refractivity contribution in [2.45, 2.75) is 39.7 Å². The number of primary amides is 1. The van der Waals surface area contributed by atoms with E-state index in [2.05, 4.69) is 10.3 Å². The molecule has 0 bridgehead atoms. The van der Waals surface area contributed by atoms with Crippen molar-refractivity contribution < 1.29 is 4.79 Å². The van der Waals surface area contributed by atoms with Crippen molar-refractivity contribution >= 4 is 5.91 Å². The molecule has 5 nitrogen and oxygen atoms in total. The summed E-state index contributed by atoms with van der Waals surface area (Å²) in [6.45, 7) is 8.11. The van der Waals surface area contributed by atoms with Crippen LogP contribution in [0.5, 0.6) is 0 Å². The lowest BCUT2D eigenvalue weighted by Crippen LogP contribution is -2.26. The monoisotopic (exact) mass is 272 g/mol. The highest BCUT2D eigenvalue weighted by Gasteiger charge is 2.25. The highest BCUT2D eigenvalue weighted by Crippen LogP contribution is 2.21. The van der Waals surface area contributed by atoms with Gasteiger partial charge in [-0.2, -0.15) is 0 Å². The minimum Gasteiger partial charge on any atom is -0.364 e. The van der Waals surface area contributed by atoms with Gasteiger partial charge in [0.05, 0.1) is 11.2 Å². The van der Waals surface area contributed by atoms with Gasteiger partial charge in [-0.25, -0.2) is 4.68 Å². The topological polar surface area (TPSA) is 73.8 Å². The smallest absolute Gasteiger partial charge is 0.271 e. The highest BCUT2D eigenvalue weighted by atomic mass is 16.1. The van der Waals surface area contributed by atoms with E-state index in [-0.39, 0.29) is 11.2 Å². The van der Waals surface area contributed by atoms with Crippen LogP contribution >= 0.6 is 0 Å². The Balaban J connectivity index is 2.52. The minimum absolute atomic E-state index is 0.251. The molecule has 5 heteroatoms. The van der Waals surface area contributed by atoms with Gasteiger partial charge >= 0.3 is 0 Å². The minimum atomic E-state index is -0.538. The summed E-state index contributed by atoms with van der Waals surface area (Å²) in [4.78, 5) is 11.5. The SMILES string of the molecule is Cc1ccccc1Cc1c(C(N)=O)nnn1C(C)(C)C. The van der Waals surface area contributed by atoms with Crippen molar-refractivity contribution in [2.75, 3.05) is 0 Å². The van der Waals surface area contributed by atoms with E-state index in [1.54, 1.807) is 4.68 Å². The molecule has 1 heterocycles. The summed E-state index contributed by atoms with van der Waals surface area (Å²) in [6, 6.07) is 8.06. The van der Waals surface area contributed by atoms with E-state index in [1.807, 2.05) is 52.0 Å². The highest BCUT2D eigenvalue weighted by molar-refractivity contribution is 5.91. The van der Waals surface area contributed by atoms with Crippen molar-refractivity contribution in [3.8, 4) is 0 Å². The molecule has 0 radical (unpaired) electrons. The number of carbonyl (C=O) groups excluding carboxylic acids is 1. The first-order chi connectivity index (χ1) is 9.30. The van der Waals surface area contributed by atoms with Gasteiger partial charge in [-0.15, -0.1) is 5.10 Å². The first-order valence-corrected chi connectivity index (χ1v) is 6.60. The van der Waals surface area contributed by atoms with Crippen LogP contribution in [0.4, 0.5) is 0 Å². The zero-order chi connectivity index (χ0) is 14.9. The van der Waals surface area contributed by atoms with Crippen molar-refractivity contribution in [1.82, 2.24) is 15.0 Å². The van der Waals surface area contributed by atoms with E-state index in [4.69, 9.17) is 5.73 Å². The molecule has 0 saturated carbocycles. The molecule has 2 N–H and O–H groups in total. The summed E-state index contributed by atoms with van der Waals surface area (Å²) in [5, 5.41) is 8.05. The van der Waals surface area contributed by atoms with E-state index >= 15 is 0 Å². The van der Waals surface area contributed by atoms with Gasteiger partial charge in [0.2, 0.25) is 0 Å². The van der Waals surface area contributed by atoms with Gasteiger partial charge in [0.1, 0.15) is 0 Å². The summed E-state index contributed by atoms with van der Waals surface area (Å²) in [6.07, 6.45) is 0.592. The average Bonchev–Trinajstić information content (AvgIpc) is 2.75. The van der Waals surface area contributed by atoms with E-state index in [1.165, 1.54) is 5.56 Å². The Labute approximate surface area is 118 Å². The molecule has 2 rings (SSSR count). The third kappa shape index (κ3) is 2.71. The van der Waals surface area contributed by atoms with Crippen LogP contribution < -0.4 is 5.73 Å².